The highest BCUT2D eigenvalue weighted by Gasteiger charge is 2.46. The number of carbonyl (C=O) groups is 1. The van der Waals surface area contributed by atoms with E-state index in [0.29, 0.717) is 10.7 Å². The number of rotatable bonds is 3. The van der Waals surface area contributed by atoms with Crippen molar-refractivity contribution in [3.8, 4) is 0 Å². The number of aryl methyl sites for hydroxylation is 1. The minimum Gasteiger partial charge on any atom is -0.307 e. The number of urea groups is 1. The summed E-state index contributed by atoms with van der Waals surface area (Å²) >= 11 is 6.08. The Hall–Kier alpha value is -2.30. The van der Waals surface area contributed by atoms with Crippen LogP contribution < -0.4 is 10.2 Å². The third kappa shape index (κ3) is 4.05. The fourth-order valence-corrected chi connectivity index (χ4v) is 4.86. The lowest BCUT2D eigenvalue weighted by Crippen LogP contribution is -2.47. The van der Waals surface area contributed by atoms with Gasteiger partial charge in [0.05, 0.1) is 0 Å². The molecular weight excluding hydrogens is 382 g/mol. The summed E-state index contributed by atoms with van der Waals surface area (Å²) in [5.41, 5.74) is 5.53. The highest BCUT2D eigenvalue weighted by atomic mass is 35.5. The van der Waals surface area contributed by atoms with E-state index >= 15 is 0 Å². The molecule has 2 heterocycles. The van der Waals surface area contributed by atoms with Gasteiger partial charge in [-0.3, -0.25) is 9.80 Å². The molecule has 2 aromatic rings. The van der Waals surface area contributed by atoms with Crippen molar-refractivity contribution in [2.45, 2.75) is 32.1 Å². The number of hydrogen-bond donors (Lipinski definition) is 1. The normalized spacial score (nSPS) is 18.0. The van der Waals surface area contributed by atoms with Gasteiger partial charge in [-0.05, 0) is 69.6 Å². The van der Waals surface area contributed by atoms with E-state index in [1.54, 1.807) is 12.1 Å². The van der Waals surface area contributed by atoms with Crippen LogP contribution in [0.25, 0.3) is 0 Å². The van der Waals surface area contributed by atoms with Crippen LogP contribution in [0.15, 0.2) is 54.6 Å². The number of piperidine rings is 1. The summed E-state index contributed by atoms with van der Waals surface area (Å²) in [5.74, 6) is 0. The van der Waals surface area contributed by atoms with E-state index in [-0.39, 0.29) is 11.4 Å². The van der Waals surface area contributed by atoms with Crippen LogP contribution in [0, 0.1) is 6.92 Å². The maximum absolute atomic E-state index is 13.2. The molecular formula is C24H28ClN3O. The molecule has 2 aliphatic rings. The van der Waals surface area contributed by atoms with Crippen LogP contribution in [0.3, 0.4) is 0 Å². The number of hydrogen-bond acceptors (Lipinski definition) is 2. The zero-order chi connectivity index (χ0) is 20.6. The van der Waals surface area contributed by atoms with Gasteiger partial charge in [0.1, 0.15) is 0 Å². The number of benzene rings is 2. The zero-order valence-corrected chi connectivity index (χ0v) is 17.9. The molecule has 0 bridgehead atoms. The molecule has 5 heteroatoms. The first-order valence-electron chi connectivity index (χ1n) is 10.2. The molecule has 4 nitrogen and oxygen atoms in total. The molecule has 152 valence electrons. The minimum atomic E-state index is -0.0985. The van der Waals surface area contributed by atoms with Crippen LogP contribution in [0.2, 0.25) is 5.02 Å². The molecule has 0 unspecified atom stereocenters. The first kappa shape index (κ1) is 20.0. The Kier molecular flexibility index (Phi) is 5.41. The number of halogens is 1. The largest absolute Gasteiger partial charge is 0.326 e. The van der Waals surface area contributed by atoms with Gasteiger partial charge in [0.2, 0.25) is 0 Å². The lowest BCUT2D eigenvalue weighted by molar-refractivity contribution is 0.177. The van der Waals surface area contributed by atoms with E-state index in [9.17, 15) is 4.79 Å². The summed E-state index contributed by atoms with van der Waals surface area (Å²) in [6, 6.07) is 13.6. The van der Waals surface area contributed by atoms with Gasteiger partial charge in [0.15, 0.2) is 0 Å². The molecule has 1 saturated heterocycles. The SMILES string of the molecule is C=C(C)CN1CCC2(CC1)CN(C(=O)Nc1cccc(Cl)c1)c1ccc(C)cc12. The van der Waals surface area contributed by atoms with E-state index in [4.69, 9.17) is 11.6 Å². The van der Waals surface area contributed by atoms with E-state index in [0.717, 1.165) is 44.7 Å². The quantitative estimate of drug-likeness (QED) is 0.668. The standard InChI is InChI=1S/C24H28ClN3O/c1-17(2)15-27-11-9-24(10-12-27)16-28(22-8-7-18(3)13-21(22)24)23(29)26-20-6-4-5-19(25)14-20/h4-8,13-14H,1,9-12,15-16H2,2-3H3,(H,26,29). The van der Waals surface area contributed by atoms with Crippen molar-refractivity contribution in [2.24, 2.45) is 0 Å². The molecule has 4 rings (SSSR count). The summed E-state index contributed by atoms with van der Waals surface area (Å²) in [5, 5.41) is 3.63. The van der Waals surface area contributed by atoms with Gasteiger partial charge < -0.3 is 5.32 Å². The topological polar surface area (TPSA) is 35.6 Å². The minimum absolute atomic E-state index is 0.0264. The van der Waals surface area contributed by atoms with Crippen molar-refractivity contribution in [1.29, 1.82) is 0 Å². The Morgan fingerprint density at radius 2 is 1.97 bits per heavy atom. The smallest absolute Gasteiger partial charge is 0.307 e. The molecule has 2 amide bonds. The van der Waals surface area contributed by atoms with Gasteiger partial charge in [-0.15, -0.1) is 0 Å². The number of fused-ring (bicyclic) bond motifs is 2. The second-order valence-electron chi connectivity index (χ2n) is 8.56. The molecule has 0 aliphatic carbocycles. The van der Waals surface area contributed by atoms with Crippen LogP contribution in [0.5, 0.6) is 0 Å². The van der Waals surface area contributed by atoms with Gasteiger partial charge in [-0.25, -0.2) is 4.79 Å². The molecule has 1 N–H and O–H groups in total. The summed E-state index contributed by atoms with van der Waals surface area (Å²) in [6.45, 7) is 12.0. The van der Waals surface area contributed by atoms with Crippen molar-refractivity contribution in [3.63, 3.8) is 0 Å². The first-order chi connectivity index (χ1) is 13.9. The summed E-state index contributed by atoms with van der Waals surface area (Å²) in [4.78, 5) is 17.5. The monoisotopic (exact) mass is 409 g/mol. The fourth-order valence-electron chi connectivity index (χ4n) is 4.67. The highest BCUT2D eigenvalue weighted by molar-refractivity contribution is 6.30. The van der Waals surface area contributed by atoms with Crippen molar-refractivity contribution < 1.29 is 4.79 Å². The average Bonchev–Trinajstić information content (AvgIpc) is 2.97. The third-order valence-corrected chi connectivity index (χ3v) is 6.34. The van der Waals surface area contributed by atoms with E-state index in [1.165, 1.54) is 16.7 Å². The molecule has 1 spiro atoms. The summed E-state index contributed by atoms with van der Waals surface area (Å²) < 4.78 is 0. The number of anilines is 2. The van der Waals surface area contributed by atoms with Gasteiger partial charge in [-0.1, -0.05) is 47.5 Å². The summed E-state index contributed by atoms with van der Waals surface area (Å²) in [7, 11) is 0. The Labute approximate surface area is 178 Å². The molecule has 2 aliphatic heterocycles. The van der Waals surface area contributed by atoms with Crippen molar-refractivity contribution in [2.75, 3.05) is 36.4 Å². The van der Waals surface area contributed by atoms with E-state index in [2.05, 4.69) is 48.8 Å². The number of nitrogens with zero attached hydrogens (tertiary/aromatic N) is 2. The first-order valence-corrected chi connectivity index (χ1v) is 10.6. The predicted molar refractivity (Wildman–Crippen MR) is 121 cm³/mol. The van der Waals surface area contributed by atoms with Gasteiger partial charge in [0, 0.05) is 34.9 Å². The lowest BCUT2D eigenvalue weighted by atomic mass is 9.74. The average molecular weight is 410 g/mol. The zero-order valence-electron chi connectivity index (χ0n) is 17.2. The Morgan fingerprint density at radius 1 is 1.21 bits per heavy atom. The van der Waals surface area contributed by atoms with Gasteiger partial charge in [0.25, 0.3) is 0 Å². The number of amides is 2. The maximum Gasteiger partial charge on any atom is 0.326 e. The molecule has 2 aromatic carbocycles. The highest BCUT2D eigenvalue weighted by Crippen LogP contribution is 2.47. The Balaban J connectivity index is 1.58. The number of nitrogens with one attached hydrogen (secondary N) is 1. The van der Waals surface area contributed by atoms with Crippen molar-refractivity contribution in [3.05, 3.63) is 70.8 Å². The van der Waals surface area contributed by atoms with Crippen molar-refractivity contribution >= 4 is 29.0 Å². The second kappa shape index (κ2) is 7.85. The summed E-state index contributed by atoms with van der Waals surface area (Å²) in [6.07, 6.45) is 2.11. The van der Waals surface area contributed by atoms with Gasteiger partial charge in [-0.2, -0.15) is 0 Å². The molecule has 0 atom stereocenters. The molecule has 0 radical (unpaired) electrons. The molecule has 0 aromatic heterocycles. The Morgan fingerprint density at radius 3 is 2.66 bits per heavy atom. The van der Waals surface area contributed by atoms with Crippen LogP contribution in [-0.4, -0.2) is 37.1 Å². The molecule has 1 fully saturated rings. The lowest BCUT2D eigenvalue weighted by Gasteiger charge is -2.40. The van der Waals surface area contributed by atoms with Crippen molar-refractivity contribution in [1.82, 2.24) is 4.90 Å². The predicted octanol–water partition coefficient (Wildman–Crippen LogP) is 5.61. The van der Waals surface area contributed by atoms with Gasteiger partial charge >= 0.3 is 6.03 Å². The number of likely N-dealkylation sites (tertiary alicyclic amines) is 1. The number of carbonyl (C=O) groups excluding carboxylic acids is 1. The second-order valence-corrected chi connectivity index (χ2v) is 9.00. The molecule has 0 saturated carbocycles. The van der Waals surface area contributed by atoms with Crippen LogP contribution in [0.1, 0.15) is 30.9 Å². The molecule has 29 heavy (non-hydrogen) atoms. The van der Waals surface area contributed by atoms with E-state index in [1.807, 2.05) is 17.0 Å². The van der Waals surface area contributed by atoms with Crippen LogP contribution in [-0.2, 0) is 5.41 Å². The third-order valence-electron chi connectivity index (χ3n) is 6.10. The maximum atomic E-state index is 13.2. The van der Waals surface area contributed by atoms with E-state index < -0.39 is 0 Å². The Bertz CT molecular complexity index is 947. The van der Waals surface area contributed by atoms with Crippen LogP contribution >= 0.6 is 11.6 Å². The van der Waals surface area contributed by atoms with Crippen LogP contribution in [0.4, 0.5) is 16.2 Å². The fraction of sp³-hybridized carbons (Fsp3) is 0.375.